The second-order valence-electron chi connectivity index (χ2n) is 6.27. The highest BCUT2D eigenvalue weighted by molar-refractivity contribution is 5.79. The molecule has 0 bridgehead atoms. The number of hydrogen-bond acceptors (Lipinski definition) is 3. The standard InChI is InChI=1S/C14H27N5/c15-17-14(16-13-3-1-2-4-13)19-9-7-18(8-10-19)11-12-5-6-12/h12-13H,1-11,15H2,(H,16,17). The fourth-order valence-corrected chi connectivity index (χ4v) is 3.22. The van der Waals surface area contributed by atoms with Crippen LogP contribution in [0.1, 0.15) is 38.5 Å². The van der Waals surface area contributed by atoms with Crippen LogP contribution in [0.2, 0.25) is 0 Å². The summed E-state index contributed by atoms with van der Waals surface area (Å²) in [6, 6.07) is 0.496. The summed E-state index contributed by atoms with van der Waals surface area (Å²) in [4.78, 5) is 9.72. The molecule has 0 aromatic carbocycles. The molecule has 3 N–H and O–H groups in total. The number of rotatable bonds is 3. The van der Waals surface area contributed by atoms with Crippen molar-refractivity contribution < 1.29 is 0 Å². The van der Waals surface area contributed by atoms with Gasteiger partial charge in [-0.25, -0.2) is 10.8 Å². The van der Waals surface area contributed by atoms with Crippen molar-refractivity contribution in [3.8, 4) is 0 Å². The molecular formula is C14H27N5. The maximum atomic E-state index is 5.67. The van der Waals surface area contributed by atoms with Crippen LogP contribution in [0, 0.1) is 5.92 Å². The summed E-state index contributed by atoms with van der Waals surface area (Å²) in [6.45, 7) is 5.73. The Balaban J connectivity index is 1.50. The molecule has 5 heteroatoms. The van der Waals surface area contributed by atoms with E-state index in [-0.39, 0.29) is 0 Å². The van der Waals surface area contributed by atoms with Crippen molar-refractivity contribution in [3.63, 3.8) is 0 Å². The Labute approximate surface area is 116 Å². The van der Waals surface area contributed by atoms with Gasteiger partial charge in [0, 0.05) is 32.7 Å². The van der Waals surface area contributed by atoms with E-state index in [2.05, 4.69) is 15.2 Å². The second kappa shape index (κ2) is 6.09. The largest absolute Gasteiger partial charge is 0.339 e. The molecule has 3 rings (SSSR count). The molecule has 1 saturated heterocycles. The Kier molecular flexibility index (Phi) is 4.23. The number of aliphatic imine (C=N–C) groups is 1. The van der Waals surface area contributed by atoms with Gasteiger partial charge in [0.1, 0.15) is 0 Å². The number of piperazine rings is 1. The maximum Gasteiger partial charge on any atom is 0.208 e. The lowest BCUT2D eigenvalue weighted by atomic mass is 10.2. The fourth-order valence-electron chi connectivity index (χ4n) is 3.22. The van der Waals surface area contributed by atoms with Crippen molar-refractivity contribution in [2.75, 3.05) is 32.7 Å². The van der Waals surface area contributed by atoms with Crippen LogP contribution in [-0.2, 0) is 0 Å². The third-order valence-corrected chi connectivity index (χ3v) is 4.64. The quantitative estimate of drug-likeness (QED) is 0.343. The van der Waals surface area contributed by atoms with Crippen molar-refractivity contribution in [2.24, 2.45) is 16.8 Å². The lowest BCUT2D eigenvalue weighted by Gasteiger charge is -2.36. The predicted octanol–water partition coefficient (Wildman–Crippen LogP) is 0.776. The van der Waals surface area contributed by atoms with Crippen LogP contribution in [0.25, 0.3) is 0 Å². The number of nitrogens with zero attached hydrogens (tertiary/aromatic N) is 3. The van der Waals surface area contributed by atoms with E-state index in [0.717, 1.165) is 38.1 Å². The third-order valence-electron chi connectivity index (χ3n) is 4.64. The SMILES string of the molecule is NNC(=NC1CCCC1)N1CCN(CC2CC2)CC1. The first-order chi connectivity index (χ1) is 9.35. The lowest BCUT2D eigenvalue weighted by Crippen LogP contribution is -2.54. The highest BCUT2D eigenvalue weighted by Crippen LogP contribution is 2.30. The van der Waals surface area contributed by atoms with Crippen molar-refractivity contribution >= 4 is 5.96 Å². The van der Waals surface area contributed by atoms with Crippen LogP contribution in [0.5, 0.6) is 0 Å². The second-order valence-corrected chi connectivity index (χ2v) is 6.27. The number of nitrogens with one attached hydrogen (secondary N) is 1. The first-order valence-electron chi connectivity index (χ1n) is 7.87. The fraction of sp³-hybridized carbons (Fsp3) is 0.929. The first kappa shape index (κ1) is 13.2. The average molecular weight is 265 g/mol. The molecule has 108 valence electrons. The van der Waals surface area contributed by atoms with Gasteiger partial charge in [-0.3, -0.25) is 10.3 Å². The Morgan fingerprint density at radius 1 is 1.05 bits per heavy atom. The highest BCUT2D eigenvalue weighted by Gasteiger charge is 2.27. The molecule has 1 heterocycles. The van der Waals surface area contributed by atoms with Gasteiger partial charge in [-0.15, -0.1) is 0 Å². The van der Waals surface area contributed by atoms with Gasteiger partial charge in [0.05, 0.1) is 6.04 Å². The van der Waals surface area contributed by atoms with Crippen LogP contribution in [-0.4, -0.2) is 54.5 Å². The minimum Gasteiger partial charge on any atom is -0.339 e. The monoisotopic (exact) mass is 265 g/mol. The van der Waals surface area contributed by atoms with E-state index >= 15 is 0 Å². The smallest absolute Gasteiger partial charge is 0.208 e. The van der Waals surface area contributed by atoms with Gasteiger partial charge < -0.3 is 4.90 Å². The number of hydrazine groups is 1. The highest BCUT2D eigenvalue weighted by atomic mass is 15.4. The zero-order valence-electron chi connectivity index (χ0n) is 11.9. The normalized spacial score (nSPS) is 27.0. The summed E-state index contributed by atoms with van der Waals surface area (Å²) in [6.07, 6.45) is 7.99. The molecule has 0 aromatic heterocycles. The van der Waals surface area contributed by atoms with Crippen LogP contribution in [0.15, 0.2) is 4.99 Å². The van der Waals surface area contributed by atoms with E-state index in [1.54, 1.807) is 0 Å². The number of hydrogen-bond donors (Lipinski definition) is 2. The molecule has 0 spiro atoms. The van der Waals surface area contributed by atoms with Gasteiger partial charge in [-0.1, -0.05) is 12.8 Å². The molecule has 0 amide bonds. The molecular weight excluding hydrogens is 238 g/mol. The summed E-state index contributed by atoms with van der Waals surface area (Å²) in [7, 11) is 0. The summed E-state index contributed by atoms with van der Waals surface area (Å²) in [5.74, 6) is 7.58. The summed E-state index contributed by atoms with van der Waals surface area (Å²) >= 11 is 0. The Bertz CT molecular complexity index is 312. The molecule has 2 aliphatic carbocycles. The molecule has 2 saturated carbocycles. The molecule has 0 radical (unpaired) electrons. The van der Waals surface area contributed by atoms with E-state index in [1.165, 1.54) is 45.1 Å². The molecule has 0 unspecified atom stereocenters. The zero-order valence-corrected chi connectivity index (χ0v) is 11.9. The van der Waals surface area contributed by atoms with Gasteiger partial charge in [0.15, 0.2) is 0 Å². The molecule has 19 heavy (non-hydrogen) atoms. The minimum absolute atomic E-state index is 0.496. The Hall–Kier alpha value is -0.810. The lowest BCUT2D eigenvalue weighted by molar-refractivity contribution is 0.173. The van der Waals surface area contributed by atoms with E-state index in [0.29, 0.717) is 6.04 Å². The number of nitrogens with two attached hydrogens (primary N) is 1. The predicted molar refractivity (Wildman–Crippen MR) is 77.8 cm³/mol. The molecule has 3 fully saturated rings. The molecule has 3 aliphatic rings. The van der Waals surface area contributed by atoms with Crippen LogP contribution < -0.4 is 11.3 Å². The van der Waals surface area contributed by atoms with E-state index in [4.69, 9.17) is 10.8 Å². The summed E-state index contributed by atoms with van der Waals surface area (Å²) in [5, 5.41) is 0. The third kappa shape index (κ3) is 3.60. The van der Waals surface area contributed by atoms with Crippen molar-refractivity contribution in [3.05, 3.63) is 0 Å². The van der Waals surface area contributed by atoms with Gasteiger partial charge >= 0.3 is 0 Å². The van der Waals surface area contributed by atoms with Gasteiger partial charge in [-0.2, -0.15) is 0 Å². The van der Waals surface area contributed by atoms with Crippen LogP contribution in [0.3, 0.4) is 0 Å². The molecule has 1 aliphatic heterocycles. The van der Waals surface area contributed by atoms with Gasteiger partial charge in [-0.05, 0) is 31.6 Å². The van der Waals surface area contributed by atoms with Crippen molar-refractivity contribution in [1.82, 2.24) is 15.2 Å². The number of guanidine groups is 1. The van der Waals surface area contributed by atoms with Crippen molar-refractivity contribution in [2.45, 2.75) is 44.6 Å². The van der Waals surface area contributed by atoms with E-state index in [9.17, 15) is 0 Å². The molecule has 0 atom stereocenters. The zero-order chi connectivity index (χ0) is 13.1. The molecule has 0 aromatic rings. The minimum atomic E-state index is 0.496. The Morgan fingerprint density at radius 2 is 1.74 bits per heavy atom. The van der Waals surface area contributed by atoms with E-state index in [1.807, 2.05) is 0 Å². The average Bonchev–Trinajstić information content (AvgIpc) is 3.10. The Morgan fingerprint density at radius 3 is 2.32 bits per heavy atom. The van der Waals surface area contributed by atoms with Crippen LogP contribution in [0.4, 0.5) is 0 Å². The molecule has 5 nitrogen and oxygen atoms in total. The topological polar surface area (TPSA) is 56.9 Å². The van der Waals surface area contributed by atoms with Gasteiger partial charge in [0.2, 0.25) is 5.96 Å². The van der Waals surface area contributed by atoms with Gasteiger partial charge in [0.25, 0.3) is 0 Å². The van der Waals surface area contributed by atoms with Crippen molar-refractivity contribution in [1.29, 1.82) is 0 Å². The first-order valence-corrected chi connectivity index (χ1v) is 7.87. The van der Waals surface area contributed by atoms with E-state index < -0.39 is 0 Å². The maximum absolute atomic E-state index is 5.67. The summed E-state index contributed by atoms with van der Waals surface area (Å²) < 4.78 is 0. The van der Waals surface area contributed by atoms with Crippen LogP contribution >= 0.6 is 0 Å². The summed E-state index contributed by atoms with van der Waals surface area (Å²) in [5.41, 5.74) is 2.82.